The van der Waals surface area contributed by atoms with E-state index in [0.29, 0.717) is 21.5 Å². The molecule has 0 aliphatic heterocycles. The van der Waals surface area contributed by atoms with E-state index in [0.717, 1.165) is 23.7 Å². The van der Waals surface area contributed by atoms with Gasteiger partial charge in [0.25, 0.3) is 0 Å². The Kier molecular flexibility index (Phi) is 2.74. The van der Waals surface area contributed by atoms with E-state index in [1.807, 2.05) is 0 Å². The minimum Gasteiger partial charge on any atom is -0.0626 e. The second kappa shape index (κ2) is 3.93. The van der Waals surface area contributed by atoms with Crippen LogP contribution in [-0.4, -0.2) is 7.28 Å². The molecule has 0 N–H and O–H groups in total. The van der Waals surface area contributed by atoms with Crippen LogP contribution in [0.15, 0.2) is 0 Å². The minimum absolute atomic E-state index is 0.545. The SMILES string of the molecule is CC1CCC2CC1([B]C13CC(CCC1C)C3(C)C)C2(C)C. The predicted octanol–water partition coefficient (Wildman–Crippen LogP) is 5.96. The molecule has 0 aromatic carbocycles. The van der Waals surface area contributed by atoms with Gasteiger partial charge in [-0.3, -0.25) is 0 Å². The van der Waals surface area contributed by atoms with Crippen molar-refractivity contribution in [1.29, 1.82) is 0 Å². The van der Waals surface area contributed by atoms with Gasteiger partial charge >= 0.3 is 0 Å². The van der Waals surface area contributed by atoms with Gasteiger partial charge in [0.05, 0.1) is 0 Å². The maximum absolute atomic E-state index is 2.99. The molecule has 1 heteroatoms. The lowest BCUT2D eigenvalue weighted by Gasteiger charge is -2.76. The van der Waals surface area contributed by atoms with Gasteiger partial charge in [-0.15, -0.1) is 0 Å². The third kappa shape index (κ3) is 1.41. The van der Waals surface area contributed by atoms with Crippen LogP contribution in [0.1, 0.15) is 80.1 Å². The van der Waals surface area contributed by atoms with Gasteiger partial charge in [-0.25, -0.2) is 0 Å². The number of fused-ring (bicyclic) bond motifs is 4. The standard InChI is InChI=1S/C20H34B/c1-13-7-9-15-11-19(13,17(15,3)4)21-20-12-16(18(20,5)6)10-8-14(20)2/h13-16H,7-12H2,1-6H3. The van der Waals surface area contributed by atoms with Gasteiger partial charge < -0.3 is 0 Å². The van der Waals surface area contributed by atoms with E-state index >= 15 is 0 Å². The van der Waals surface area contributed by atoms with Crippen molar-refractivity contribution in [2.45, 2.75) is 90.7 Å². The van der Waals surface area contributed by atoms with Gasteiger partial charge in [0.15, 0.2) is 0 Å². The van der Waals surface area contributed by atoms with E-state index in [1.165, 1.54) is 38.5 Å². The first-order valence-corrected chi connectivity index (χ1v) is 9.54. The average molecular weight is 285 g/mol. The van der Waals surface area contributed by atoms with Gasteiger partial charge in [0.2, 0.25) is 0 Å². The fraction of sp³-hybridized carbons (Fsp3) is 1.00. The Balaban J connectivity index is 1.69. The first-order valence-electron chi connectivity index (χ1n) is 9.54. The predicted molar refractivity (Wildman–Crippen MR) is 91.7 cm³/mol. The Hall–Kier alpha value is 0.0649. The average Bonchev–Trinajstić information content (AvgIpc) is 2.42. The largest absolute Gasteiger partial charge is 0.128 e. The molecule has 0 nitrogen and oxygen atoms in total. The molecule has 21 heavy (non-hydrogen) atoms. The highest BCUT2D eigenvalue weighted by molar-refractivity contribution is 6.46. The fourth-order valence-electron chi connectivity index (χ4n) is 7.60. The summed E-state index contributed by atoms with van der Waals surface area (Å²) in [7, 11) is 2.99. The van der Waals surface area contributed by atoms with Crippen LogP contribution in [0.3, 0.4) is 0 Å². The molecule has 6 aliphatic carbocycles. The Labute approximate surface area is 133 Å². The molecule has 0 amide bonds. The van der Waals surface area contributed by atoms with Crippen molar-refractivity contribution in [1.82, 2.24) is 0 Å². The van der Waals surface area contributed by atoms with Gasteiger partial charge in [-0.05, 0) is 58.0 Å². The van der Waals surface area contributed by atoms with Crippen LogP contribution in [0.25, 0.3) is 0 Å². The van der Waals surface area contributed by atoms with Crippen molar-refractivity contribution in [3.8, 4) is 0 Å². The second-order valence-electron chi connectivity index (χ2n) is 10.4. The van der Waals surface area contributed by atoms with E-state index in [-0.39, 0.29) is 0 Å². The molecule has 0 aromatic heterocycles. The zero-order chi connectivity index (χ0) is 15.3. The summed E-state index contributed by atoms with van der Waals surface area (Å²) < 4.78 is 0. The van der Waals surface area contributed by atoms with Crippen molar-refractivity contribution in [2.24, 2.45) is 34.5 Å². The summed E-state index contributed by atoms with van der Waals surface area (Å²) in [5.74, 6) is 3.80. The zero-order valence-electron chi connectivity index (χ0n) is 15.1. The molecular weight excluding hydrogens is 251 g/mol. The smallest absolute Gasteiger partial charge is 0.0626 e. The third-order valence-corrected chi connectivity index (χ3v) is 9.78. The van der Waals surface area contributed by atoms with Crippen LogP contribution in [0.4, 0.5) is 0 Å². The van der Waals surface area contributed by atoms with E-state index in [4.69, 9.17) is 0 Å². The molecule has 6 saturated carbocycles. The van der Waals surface area contributed by atoms with Crippen LogP contribution in [0.5, 0.6) is 0 Å². The maximum Gasteiger partial charge on any atom is 0.128 e. The van der Waals surface area contributed by atoms with Crippen LogP contribution in [0, 0.1) is 34.5 Å². The molecule has 1 radical (unpaired) electrons. The first kappa shape index (κ1) is 14.6. The quantitative estimate of drug-likeness (QED) is 0.549. The van der Waals surface area contributed by atoms with E-state index in [2.05, 4.69) is 48.8 Å². The van der Waals surface area contributed by atoms with Crippen LogP contribution in [0.2, 0.25) is 10.6 Å². The first-order chi connectivity index (χ1) is 9.67. The third-order valence-electron chi connectivity index (χ3n) is 9.78. The van der Waals surface area contributed by atoms with Crippen molar-refractivity contribution in [2.75, 3.05) is 0 Å². The Bertz CT molecular complexity index is 422. The molecule has 6 unspecified atom stereocenters. The Morgan fingerprint density at radius 3 is 1.33 bits per heavy atom. The second-order valence-corrected chi connectivity index (χ2v) is 10.4. The summed E-state index contributed by atoms with van der Waals surface area (Å²) in [4.78, 5) is 0. The fourth-order valence-corrected chi connectivity index (χ4v) is 7.60. The molecule has 0 spiro atoms. The van der Waals surface area contributed by atoms with Crippen LogP contribution >= 0.6 is 0 Å². The summed E-state index contributed by atoms with van der Waals surface area (Å²) in [5, 5.41) is 1.09. The topological polar surface area (TPSA) is 0 Å². The van der Waals surface area contributed by atoms with E-state index in [9.17, 15) is 0 Å². The molecule has 0 heterocycles. The summed E-state index contributed by atoms with van der Waals surface area (Å²) in [6, 6.07) is 0. The number of hydrogen-bond acceptors (Lipinski definition) is 0. The van der Waals surface area contributed by atoms with E-state index < -0.39 is 0 Å². The molecule has 6 rings (SSSR count). The maximum atomic E-state index is 2.99. The molecule has 4 bridgehead atoms. The van der Waals surface area contributed by atoms with Gasteiger partial charge in [-0.1, -0.05) is 67.2 Å². The van der Waals surface area contributed by atoms with Crippen LogP contribution in [-0.2, 0) is 0 Å². The van der Waals surface area contributed by atoms with Gasteiger partial charge in [0.1, 0.15) is 7.28 Å². The zero-order valence-corrected chi connectivity index (χ0v) is 15.1. The molecule has 117 valence electrons. The van der Waals surface area contributed by atoms with Crippen molar-refractivity contribution in [3.05, 3.63) is 0 Å². The molecular formula is C20H34B. The summed E-state index contributed by atoms with van der Waals surface area (Å²) in [6.45, 7) is 15.4. The van der Waals surface area contributed by atoms with Gasteiger partial charge in [-0.2, -0.15) is 0 Å². The van der Waals surface area contributed by atoms with Gasteiger partial charge in [0, 0.05) is 0 Å². The summed E-state index contributed by atoms with van der Waals surface area (Å²) >= 11 is 0. The highest BCUT2D eigenvalue weighted by atomic mass is 14.7. The highest BCUT2D eigenvalue weighted by Crippen LogP contribution is 2.82. The number of rotatable bonds is 2. The molecule has 6 atom stereocenters. The lowest BCUT2D eigenvalue weighted by molar-refractivity contribution is -0.115. The normalized spacial score (nSPS) is 56.1. The Morgan fingerprint density at radius 1 is 0.667 bits per heavy atom. The summed E-state index contributed by atoms with van der Waals surface area (Å²) in [5.41, 5.74) is 1.11. The number of hydrogen-bond donors (Lipinski definition) is 0. The molecule has 0 saturated heterocycles. The molecule has 6 fully saturated rings. The highest BCUT2D eigenvalue weighted by Gasteiger charge is 2.72. The lowest BCUT2D eigenvalue weighted by atomic mass is 9.12. The monoisotopic (exact) mass is 285 g/mol. The Morgan fingerprint density at radius 2 is 1.05 bits per heavy atom. The molecule has 0 aromatic rings. The van der Waals surface area contributed by atoms with Crippen molar-refractivity contribution >= 4 is 7.28 Å². The minimum atomic E-state index is 0.545. The van der Waals surface area contributed by atoms with Crippen LogP contribution < -0.4 is 0 Å². The molecule has 6 aliphatic rings. The lowest BCUT2D eigenvalue weighted by Crippen LogP contribution is -2.67. The van der Waals surface area contributed by atoms with Crippen molar-refractivity contribution < 1.29 is 0 Å². The van der Waals surface area contributed by atoms with E-state index in [1.54, 1.807) is 0 Å². The summed E-state index contributed by atoms with van der Waals surface area (Å²) in [6.07, 6.45) is 8.90. The van der Waals surface area contributed by atoms with Crippen molar-refractivity contribution in [3.63, 3.8) is 0 Å².